The zero-order valence-electron chi connectivity index (χ0n) is 11.9. The van der Waals surface area contributed by atoms with Gasteiger partial charge in [-0.3, -0.25) is 10.1 Å². The largest absolute Gasteiger partial charge is 0.425 e. The molecular formula is C14H10N4O5. The summed E-state index contributed by atoms with van der Waals surface area (Å²) in [6.45, 7) is 1.73. The second-order valence-electron chi connectivity index (χ2n) is 4.76. The van der Waals surface area contributed by atoms with Crippen molar-refractivity contribution in [1.82, 2.24) is 9.38 Å². The Kier molecular flexibility index (Phi) is 3.37. The monoisotopic (exact) mass is 314 g/mol. The standard InChI is InChI=1S/C14H10N4O5/c1-9-5-6-10(17(19)20)11(8-9)23-13-14(18(21)22)16-7-3-2-4-12(16)15-13/h2-8H,1H3. The van der Waals surface area contributed by atoms with Gasteiger partial charge in [-0.1, -0.05) is 12.1 Å². The maximum Gasteiger partial charge on any atom is 0.392 e. The van der Waals surface area contributed by atoms with Crippen LogP contribution in [0.2, 0.25) is 0 Å². The van der Waals surface area contributed by atoms with Crippen LogP contribution in [-0.2, 0) is 0 Å². The molecule has 0 unspecified atom stereocenters. The average Bonchev–Trinajstić information content (AvgIpc) is 2.84. The van der Waals surface area contributed by atoms with Crippen LogP contribution in [0.5, 0.6) is 11.6 Å². The van der Waals surface area contributed by atoms with Crippen molar-refractivity contribution in [2.75, 3.05) is 0 Å². The van der Waals surface area contributed by atoms with Crippen molar-refractivity contribution in [2.45, 2.75) is 6.92 Å². The lowest BCUT2D eigenvalue weighted by atomic mass is 10.2. The molecule has 23 heavy (non-hydrogen) atoms. The van der Waals surface area contributed by atoms with Gasteiger partial charge in [-0.15, -0.1) is 0 Å². The van der Waals surface area contributed by atoms with Gasteiger partial charge in [0.25, 0.3) is 0 Å². The van der Waals surface area contributed by atoms with Gasteiger partial charge in [-0.25, -0.2) is 0 Å². The average molecular weight is 314 g/mol. The third-order valence-electron chi connectivity index (χ3n) is 3.17. The highest BCUT2D eigenvalue weighted by molar-refractivity contribution is 5.56. The number of pyridine rings is 1. The fourth-order valence-corrected chi connectivity index (χ4v) is 2.15. The summed E-state index contributed by atoms with van der Waals surface area (Å²) in [7, 11) is 0. The number of aromatic nitrogens is 2. The van der Waals surface area contributed by atoms with Gasteiger partial charge in [0.1, 0.15) is 0 Å². The highest BCUT2D eigenvalue weighted by Gasteiger charge is 2.27. The van der Waals surface area contributed by atoms with Gasteiger partial charge >= 0.3 is 17.4 Å². The Morgan fingerprint density at radius 2 is 1.91 bits per heavy atom. The maximum atomic E-state index is 11.3. The van der Waals surface area contributed by atoms with Gasteiger partial charge in [0.2, 0.25) is 11.4 Å². The Morgan fingerprint density at radius 3 is 2.61 bits per heavy atom. The lowest BCUT2D eigenvalue weighted by molar-refractivity contribution is -0.391. The molecule has 0 saturated heterocycles. The van der Waals surface area contributed by atoms with E-state index in [2.05, 4.69) is 4.98 Å². The molecule has 0 bridgehead atoms. The van der Waals surface area contributed by atoms with E-state index in [4.69, 9.17) is 4.74 Å². The predicted octanol–water partition coefficient (Wildman–Crippen LogP) is 3.25. The van der Waals surface area contributed by atoms with Crippen molar-refractivity contribution in [3.8, 4) is 11.6 Å². The van der Waals surface area contributed by atoms with Crippen molar-refractivity contribution in [1.29, 1.82) is 0 Å². The number of benzene rings is 1. The summed E-state index contributed by atoms with van der Waals surface area (Å²) in [5.41, 5.74) is 0.739. The van der Waals surface area contributed by atoms with Crippen molar-refractivity contribution in [2.24, 2.45) is 0 Å². The van der Waals surface area contributed by atoms with E-state index in [-0.39, 0.29) is 17.3 Å². The number of aryl methyl sites for hydroxylation is 1. The third-order valence-corrected chi connectivity index (χ3v) is 3.17. The minimum absolute atomic E-state index is 0.0958. The second-order valence-corrected chi connectivity index (χ2v) is 4.76. The van der Waals surface area contributed by atoms with Crippen LogP contribution in [-0.4, -0.2) is 19.2 Å². The van der Waals surface area contributed by atoms with Crippen LogP contribution in [0.1, 0.15) is 5.56 Å². The highest BCUT2D eigenvalue weighted by atomic mass is 16.6. The van der Waals surface area contributed by atoms with Gasteiger partial charge in [0.05, 0.1) is 11.1 Å². The van der Waals surface area contributed by atoms with Crippen LogP contribution in [0.4, 0.5) is 11.5 Å². The fourth-order valence-electron chi connectivity index (χ4n) is 2.15. The first-order valence-corrected chi connectivity index (χ1v) is 6.52. The zero-order valence-corrected chi connectivity index (χ0v) is 11.9. The van der Waals surface area contributed by atoms with Crippen LogP contribution >= 0.6 is 0 Å². The zero-order chi connectivity index (χ0) is 16.6. The molecule has 3 rings (SSSR count). The molecule has 116 valence electrons. The molecule has 0 aliphatic heterocycles. The molecule has 0 spiro atoms. The first-order valence-electron chi connectivity index (χ1n) is 6.52. The number of hydrogen-bond donors (Lipinski definition) is 0. The Hall–Kier alpha value is -3.49. The van der Waals surface area contributed by atoms with Crippen LogP contribution < -0.4 is 4.74 Å². The van der Waals surface area contributed by atoms with E-state index in [0.717, 1.165) is 5.56 Å². The van der Waals surface area contributed by atoms with Crippen LogP contribution in [0.15, 0.2) is 42.6 Å². The molecule has 0 saturated carbocycles. The number of ether oxygens (including phenoxy) is 1. The minimum atomic E-state index is -0.642. The van der Waals surface area contributed by atoms with Gasteiger partial charge < -0.3 is 14.9 Å². The highest BCUT2D eigenvalue weighted by Crippen LogP contribution is 2.36. The first kappa shape index (κ1) is 14.4. The molecule has 1 aromatic carbocycles. The van der Waals surface area contributed by atoms with E-state index >= 15 is 0 Å². The predicted molar refractivity (Wildman–Crippen MR) is 79.8 cm³/mol. The molecule has 0 atom stereocenters. The third kappa shape index (κ3) is 2.55. The summed E-state index contributed by atoms with van der Waals surface area (Å²) in [6, 6.07) is 9.14. The molecule has 0 radical (unpaired) electrons. The van der Waals surface area contributed by atoms with Gasteiger partial charge in [-0.2, -0.15) is 9.38 Å². The quantitative estimate of drug-likeness (QED) is 0.539. The summed E-state index contributed by atoms with van der Waals surface area (Å²) < 4.78 is 6.66. The van der Waals surface area contributed by atoms with E-state index < -0.39 is 15.7 Å². The summed E-state index contributed by atoms with van der Waals surface area (Å²) >= 11 is 0. The van der Waals surface area contributed by atoms with Crippen LogP contribution in [0, 0.1) is 27.2 Å². The summed E-state index contributed by atoms with van der Waals surface area (Å²) in [4.78, 5) is 25.2. The second kappa shape index (κ2) is 5.37. The first-order chi connectivity index (χ1) is 11.0. The number of nitro benzene ring substituents is 1. The van der Waals surface area contributed by atoms with Crippen molar-refractivity contribution in [3.63, 3.8) is 0 Å². The van der Waals surface area contributed by atoms with Crippen LogP contribution in [0.25, 0.3) is 5.65 Å². The molecule has 9 heteroatoms. The van der Waals surface area contributed by atoms with Crippen molar-refractivity contribution < 1.29 is 14.6 Å². The Bertz CT molecular complexity index is 934. The van der Waals surface area contributed by atoms with Gasteiger partial charge in [-0.05, 0) is 29.5 Å². The van der Waals surface area contributed by atoms with E-state index in [0.29, 0.717) is 5.65 Å². The smallest absolute Gasteiger partial charge is 0.392 e. The number of nitrogens with zero attached hydrogens (tertiary/aromatic N) is 4. The fraction of sp³-hybridized carbons (Fsp3) is 0.0714. The molecule has 0 aliphatic carbocycles. The van der Waals surface area contributed by atoms with E-state index in [1.54, 1.807) is 31.2 Å². The maximum absolute atomic E-state index is 11.3. The molecule has 0 aliphatic rings. The number of nitro groups is 2. The lowest BCUT2D eigenvalue weighted by Gasteiger charge is -2.04. The SMILES string of the molecule is Cc1ccc([N+](=O)[O-])c(Oc2nc3ccccn3c2[N+](=O)[O-])c1. The molecule has 0 N–H and O–H groups in total. The van der Waals surface area contributed by atoms with E-state index in [1.807, 2.05) is 0 Å². The molecule has 3 aromatic rings. The summed E-state index contributed by atoms with van der Waals surface area (Å²) in [5.74, 6) is -0.784. The molecule has 9 nitrogen and oxygen atoms in total. The molecule has 0 amide bonds. The number of hydrogen-bond acceptors (Lipinski definition) is 6. The Labute approximate surface area is 129 Å². The van der Waals surface area contributed by atoms with Gasteiger partial charge in [0.15, 0.2) is 0 Å². The van der Waals surface area contributed by atoms with E-state index in [1.165, 1.54) is 22.7 Å². The number of fused-ring (bicyclic) bond motifs is 1. The normalized spacial score (nSPS) is 10.7. The molecule has 2 aromatic heterocycles. The topological polar surface area (TPSA) is 113 Å². The van der Waals surface area contributed by atoms with Gasteiger partial charge in [0, 0.05) is 12.1 Å². The number of imidazole rings is 1. The van der Waals surface area contributed by atoms with Crippen LogP contribution in [0.3, 0.4) is 0 Å². The van der Waals surface area contributed by atoms with Crippen molar-refractivity contribution >= 4 is 17.2 Å². The molecular weight excluding hydrogens is 304 g/mol. The lowest BCUT2D eigenvalue weighted by Crippen LogP contribution is -1.98. The van der Waals surface area contributed by atoms with E-state index in [9.17, 15) is 20.2 Å². The van der Waals surface area contributed by atoms with Crippen molar-refractivity contribution in [3.05, 3.63) is 68.4 Å². The Balaban J connectivity index is 2.16. The summed E-state index contributed by atoms with van der Waals surface area (Å²) in [5, 5.41) is 22.4. The molecule has 0 fully saturated rings. The molecule has 2 heterocycles. The number of rotatable bonds is 4. The summed E-state index contributed by atoms with van der Waals surface area (Å²) in [6.07, 6.45) is 1.47. The Morgan fingerprint density at radius 1 is 1.13 bits per heavy atom. The minimum Gasteiger partial charge on any atom is -0.425 e.